The molecule has 18 heavy (non-hydrogen) atoms. The summed E-state index contributed by atoms with van der Waals surface area (Å²) in [6.45, 7) is 2.22. The average molecular weight is 249 g/mol. The highest BCUT2D eigenvalue weighted by Gasteiger charge is 2.28. The Morgan fingerprint density at radius 3 is 2.67 bits per heavy atom. The lowest BCUT2D eigenvalue weighted by atomic mass is 9.85. The molecule has 1 heterocycles. The molecule has 5 nitrogen and oxygen atoms in total. The van der Waals surface area contributed by atoms with Crippen LogP contribution < -0.4 is 4.90 Å². The molecule has 0 saturated heterocycles. The molecule has 2 atom stereocenters. The minimum absolute atomic E-state index is 0.0396. The molecule has 5 heteroatoms. The number of carbonyl (C=O) groups is 1. The monoisotopic (exact) mass is 249 g/mol. The van der Waals surface area contributed by atoms with Gasteiger partial charge in [-0.3, -0.25) is 0 Å². The molecule has 0 bridgehead atoms. The van der Waals surface area contributed by atoms with Gasteiger partial charge in [0.1, 0.15) is 0 Å². The molecule has 1 N–H and O–H groups in total. The first-order valence-electron chi connectivity index (χ1n) is 6.38. The zero-order valence-corrected chi connectivity index (χ0v) is 10.8. The molecule has 0 spiro atoms. The summed E-state index contributed by atoms with van der Waals surface area (Å²) in [5, 5.41) is 9.15. The van der Waals surface area contributed by atoms with Gasteiger partial charge < -0.3 is 10.0 Å². The molecule has 0 radical (unpaired) electrons. The fourth-order valence-electron chi connectivity index (χ4n) is 2.77. The largest absolute Gasteiger partial charge is 0.476 e. The van der Waals surface area contributed by atoms with Crippen molar-refractivity contribution in [2.45, 2.75) is 38.6 Å². The van der Waals surface area contributed by atoms with Gasteiger partial charge in [0, 0.05) is 25.5 Å². The molecule has 1 aromatic heterocycles. The van der Waals surface area contributed by atoms with Crippen LogP contribution in [0.2, 0.25) is 0 Å². The van der Waals surface area contributed by atoms with E-state index in [1.807, 2.05) is 11.9 Å². The van der Waals surface area contributed by atoms with Gasteiger partial charge in [-0.2, -0.15) is 0 Å². The van der Waals surface area contributed by atoms with Gasteiger partial charge in [0.05, 0.1) is 0 Å². The third kappa shape index (κ3) is 2.44. The van der Waals surface area contributed by atoms with E-state index in [1.165, 1.54) is 25.5 Å². The lowest BCUT2D eigenvalue weighted by Gasteiger charge is -2.37. The molecule has 1 aromatic rings. The summed E-state index contributed by atoms with van der Waals surface area (Å²) in [6, 6.07) is 0.355. The summed E-state index contributed by atoms with van der Waals surface area (Å²) in [7, 11) is 1.92. The van der Waals surface area contributed by atoms with Crippen LogP contribution >= 0.6 is 0 Å². The van der Waals surface area contributed by atoms with E-state index in [-0.39, 0.29) is 5.69 Å². The van der Waals surface area contributed by atoms with Crippen LogP contribution in [0.4, 0.5) is 5.82 Å². The summed E-state index contributed by atoms with van der Waals surface area (Å²) in [4.78, 5) is 21.3. The van der Waals surface area contributed by atoms with Gasteiger partial charge >= 0.3 is 5.97 Å². The maximum atomic E-state index is 11.2. The summed E-state index contributed by atoms with van der Waals surface area (Å²) in [5.41, 5.74) is 0.0396. The topological polar surface area (TPSA) is 66.3 Å². The second kappa shape index (κ2) is 5.33. The van der Waals surface area contributed by atoms with Crippen LogP contribution in [0.15, 0.2) is 12.4 Å². The molecular formula is C13H19N3O2. The number of hydrogen-bond acceptors (Lipinski definition) is 4. The van der Waals surface area contributed by atoms with Crippen molar-refractivity contribution in [3.8, 4) is 0 Å². The van der Waals surface area contributed by atoms with Crippen LogP contribution in [-0.4, -0.2) is 34.1 Å². The number of carboxylic acid groups (broad SMARTS) is 1. The molecule has 0 amide bonds. The van der Waals surface area contributed by atoms with Crippen molar-refractivity contribution in [2.75, 3.05) is 11.9 Å². The van der Waals surface area contributed by atoms with Crippen molar-refractivity contribution >= 4 is 11.8 Å². The summed E-state index contributed by atoms with van der Waals surface area (Å²) >= 11 is 0. The molecule has 2 rings (SSSR count). The van der Waals surface area contributed by atoms with Crippen LogP contribution in [0, 0.1) is 5.92 Å². The first-order valence-corrected chi connectivity index (χ1v) is 6.38. The number of hydrogen-bond donors (Lipinski definition) is 1. The van der Waals surface area contributed by atoms with Crippen molar-refractivity contribution < 1.29 is 9.90 Å². The van der Waals surface area contributed by atoms with E-state index in [9.17, 15) is 4.79 Å². The summed E-state index contributed by atoms with van der Waals surface area (Å²) in [5.74, 6) is 0.0181. The Morgan fingerprint density at radius 1 is 1.33 bits per heavy atom. The van der Waals surface area contributed by atoms with Crippen molar-refractivity contribution in [1.82, 2.24) is 9.97 Å². The molecule has 0 aliphatic heterocycles. The fourth-order valence-corrected chi connectivity index (χ4v) is 2.77. The van der Waals surface area contributed by atoms with Gasteiger partial charge in [-0.25, -0.2) is 14.8 Å². The Balaban J connectivity index is 2.27. The molecule has 98 valence electrons. The van der Waals surface area contributed by atoms with E-state index < -0.39 is 5.97 Å². The van der Waals surface area contributed by atoms with Gasteiger partial charge in [0.15, 0.2) is 11.5 Å². The van der Waals surface area contributed by atoms with Crippen molar-refractivity contribution in [3.05, 3.63) is 18.1 Å². The zero-order chi connectivity index (χ0) is 13.1. The van der Waals surface area contributed by atoms with Gasteiger partial charge in [0.25, 0.3) is 0 Å². The number of anilines is 1. The SMILES string of the molecule is CC1CCCCC1N(C)c1nccnc1C(=O)O. The smallest absolute Gasteiger partial charge is 0.358 e. The second-order valence-electron chi connectivity index (χ2n) is 4.97. The number of rotatable bonds is 3. The maximum absolute atomic E-state index is 11.2. The molecule has 1 aliphatic carbocycles. The standard InChI is InChI=1S/C13H19N3O2/c1-9-5-3-4-6-10(9)16(2)12-11(13(17)18)14-7-8-15-12/h7-10H,3-6H2,1-2H3,(H,17,18). The number of aromatic nitrogens is 2. The quantitative estimate of drug-likeness (QED) is 0.889. The lowest BCUT2D eigenvalue weighted by Crippen LogP contribution is -2.40. The second-order valence-corrected chi connectivity index (χ2v) is 4.97. The minimum Gasteiger partial charge on any atom is -0.476 e. The van der Waals surface area contributed by atoms with Crippen molar-refractivity contribution in [3.63, 3.8) is 0 Å². The van der Waals surface area contributed by atoms with E-state index in [4.69, 9.17) is 5.11 Å². The highest BCUT2D eigenvalue weighted by atomic mass is 16.4. The van der Waals surface area contributed by atoms with Gasteiger partial charge in [0.2, 0.25) is 0 Å². The molecule has 2 unspecified atom stereocenters. The molecule has 1 fully saturated rings. The highest BCUT2D eigenvalue weighted by molar-refractivity contribution is 5.90. The van der Waals surface area contributed by atoms with Crippen LogP contribution in [0.25, 0.3) is 0 Å². The average Bonchev–Trinajstić information content (AvgIpc) is 2.38. The highest BCUT2D eigenvalue weighted by Crippen LogP contribution is 2.30. The normalized spacial score (nSPS) is 23.7. The van der Waals surface area contributed by atoms with Gasteiger partial charge in [-0.05, 0) is 18.8 Å². The first kappa shape index (κ1) is 12.8. The number of nitrogens with zero attached hydrogens (tertiary/aromatic N) is 3. The van der Waals surface area contributed by atoms with Crippen LogP contribution in [0.5, 0.6) is 0 Å². The van der Waals surface area contributed by atoms with Gasteiger partial charge in [-0.15, -0.1) is 0 Å². The number of aromatic carboxylic acids is 1. The molecule has 1 saturated carbocycles. The minimum atomic E-state index is -1.02. The van der Waals surface area contributed by atoms with Crippen molar-refractivity contribution in [1.29, 1.82) is 0 Å². The third-order valence-corrected chi connectivity index (χ3v) is 3.78. The Morgan fingerprint density at radius 2 is 2.00 bits per heavy atom. The fraction of sp³-hybridized carbons (Fsp3) is 0.615. The van der Waals surface area contributed by atoms with E-state index in [2.05, 4.69) is 16.9 Å². The third-order valence-electron chi connectivity index (χ3n) is 3.78. The van der Waals surface area contributed by atoms with Crippen LogP contribution in [0.3, 0.4) is 0 Å². The predicted octanol–water partition coefficient (Wildman–Crippen LogP) is 2.19. The molecule has 1 aliphatic rings. The van der Waals surface area contributed by atoms with E-state index in [1.54, 1.807) is 6.20 Å². The Hall–Kier alpha value is -1.65. The Kier molecular flexibility index (Phi) is 3.79. The summed E-state index contributed by atoms with van der Waals surface area (Å²) in [6.07, 6.45) is 7.71. The molecular weight excluding hydrogens is 230 g/mol. The molecule has 0 aromatic carbocycles. The van der Waals surface area contributed by atoms with Crippen molar-refractivity contribution in [2.24, 2.45) is 5.92 Å². The maximum Gasteiger partial charge on any atom is 0.358 e. The van der Waals surface area contributed by atoms with E-state index in [0.717, 1.165) is 6.42 Å². The number of carboxylic acids is 1. The first-order chi connectivity index (χ1) is 8.61. The van der Waals surface area contributed by atoms with E-state index >= 15 is 0 Å². The van der Waals surface area contributed by atoms with Crippen LogP contribution in [0.1, 0.15) is 43.1 Å². The predicted molar refractivity (Wildman–Crippen MR) is 68.8 cm³/mol. The Labute approximate surface area is 107 Å². The Bertz CT molecular complexity index is 436. The lowest BCUT2D eigenvalue weighted by molar-refractivity contribution is 0.0690. The van der Waals surface area contributed by atoms with Gasteiger partial charge in [-0.1, -0.05) is 19.8 Å². The van der Waals surface area contributed by atoms with Crippen LogP contribution in [-0.2, 0) is 0 Å². The van der Waals surface area contributed by atoms with E-state index in [0.29, 0.717) is 17.8 Å². The zero-order valence-electron chi connectivity index (χ0n) is 10.8. The summed E-state index contributed by atoms with van der Waals surface area (Å²) < 4.78 is 0.